The largest absolute Gasteiger partial charge is 0.114 e. The molecule has 0 fully saturated rings. The minimum atomic E-state index is 0.593. The highest BCUT2D eigenvalue weighted by molar-refractivity contribution is 8.03. The molecule has 19 heavy (non-hydrogen) atoms. The van der Waals surface area contributed by atoms with Gasteiger partial charge in [0.15, 0.2) is 0 Å². The topological polar surface area (TPSA) is 0 Å². The van der Waals surface area contributed by atoms with E-state index in [1.165, 1.54) is 34.4 Å². The van der Waals surface area contributed by atoms with Crippen molar-refractivity contribution >= 4 is 93.0 Å². The van der Waals surface area contributed by atoms with Crippen LogP contribution in [0.1, 0.15) is 11.1 Å². The van der Waals surface area contributed by atoms with E-state index < -0.39 is 0 Å². The summed E-state index contributed by atoms with van der Waals surface area (Å²) >= 11 is 28.9. The third-order valence-electron chi connectivity index (χ3n) is 2.21. The fourth-order valence-electron chi connectivity index (χ4n) is 1.31. The lowest BCUT2D eigenvalue weighted by molar-refractivity contribution is 1.64. The monoisotopic (exact) mass is 386 g/mol. The molecule has 0 nitrogen and oxygen atoms in total. The third-order valence-corrected chi connectivity index (χ3v) is 7.67. The molecule has 2 aromatic rings. The van der Waals surface area contributed by atoms with Crippen molar-refractivity contribution < 1.29 is 0 Å². The molecule has 2 rings (SSSR count). The van der Waals surface area contributed by atoms with Gasteiger partial charge in [0, 0.05) is 11.1 Å². The quantitative estimate of drug-likeness (QED) is 0.514. The summed E-state index contributed by atoms with van der Waals surface area (Å²) in [7, 11) is 0. The van der Waals surface area contributed by atoms with Crippen molar-refractivity contribution in [2.24, 2.45) is 0 Å². The summed E-state index contributed by atoms with van der Waals surface area (Å²) in [4.78, 5) is 0. The molecule has 0 saturated heterocycles. The zero-order valence-corrected chi connectivity index (χ0v) is 14.8. The second kappa shape index (κ2) is 6.44. The predicted molar refractivity (Wildman–Crippen MR) is 93.0 cm³/mol. The maximum Gasteiger partial charge on any atom is 0.103 e. The molecule has 2 heterocycles. The second-order valence-corrected chi connectivity index (χ2v) is 8.83. The molecule has 100 valence electrons. The summed E-state index contributed by atoms with van der Waals surface area (Å²) in [6, 6.07) is 0. The highest BCUT2D eigenvalue weighted by Crippen LogP contribution is 2.51. The molecule has 0 aromatic carbocycles. The Morgan fingerprint density at radius 2 is 1.16 bits per heavy atom. The Balaban J connectivity index is 2.42. The molecular formula is C12H6Cl4S3. The Labute approximate surface area is 143 Å². The lowest BCUT2D eigenvalue weighted by atomic mass is 10.3. The highest BCUT2D eigenvalue weighted by atomic mass is 35.5. The standard InChI is InChI=1S/C12H6Cl4S3/c1-3-5-7(13)11(17-9(5)15)19-12-8(14)6(4-2)10(16)18-12/h3-4H,1-2H2. The normalized spacial score (nSPS) is 10.7. The van der Waals surface area contributed by atoms with Crippen molar-refractivity contribution in [3.05, 3.63) is 43.0 Å². The molecule has 2 aromatic heterocycles. The zero-order valence-electron chi connectivity index (χ0n) is 9.31. The number of hydrogen-bond donors (Lipinski definition) is 0. The van der Waals surface area contributed by atoms with E-state index in [1.54, 1.807) is 12.2 Å². The Morgan fingerprint density at radius 3 is 1.42 bits per heavy atom. The summed E-state index contributed by atoms with van der Waals surface area (Å²) in [6.45, 7) is 7.39. The van der Waals surface area contributed by atoms with Crippen LogP contribution in [0.15, 0.2) is 21.6 Å². The van der Waals surface area contributed by atoms with Gasteiger partial charge in [-0.3, -0.25) is 0 Å². The van der Waals surface area contributed by atoms with Crippen LogP contribution in [0.4, 0.5) is 0 Å². The summed E-state index contributed by atoms with van der Waals surface area (Å²) in [5, 5.41) is 1.19. The van der Waals surface area contributed by atoms with E-state index in [2.05, 4.69) is 13.2 Å². The highest BCUT2D eigenvalue weighted by Gasteiger charge is 2.19. The van der Waals surface area contributed by atoms with Crippen molar-refractivity contribution in [1.29, 1.82) is 0 Å². The molecule has 7 heteroatoms. The van der Waals surface area contributed by atoms with E-state index in [1.807, 2.05) is 0 Å². The minimum absolute atomic E-state index is 0.593. The number of halogens is 4. The van der Waals surface area contributed by atoms with Crippen LogP contribution < -0.4 is 0 Å². The van der Waals surface area contributed by atoms with Gasteiger partial charge in [0.2, 0.25) is 0 Å². The van der Waals surface area contributed by atoms with Crippen molar-refractivity contribution in [3.63, 3.8) is 0 Å². The van der Waals surface area contributed by atoms with Crippen LogP contribution in [0, 0.1) is 0 Å². The van der Waals surface area contributed by atoms with Crippen molar-refractivity contribution in [2.75, 3.05) is 0 Å². The Bertz CT molecular complexity index is 598. The van der Waals surface area contributed by atoms with Crippen molar-refractivity contribution in [3.8, 4) is 0 Å². The molecule has 0 aliphatic heterocycles. The van der Waals surface area contributed by atoms with E-state index in [9.17, 15) is 0 Å². The summed E-state index contributed by atoms with van der Waals surface area (Å²) < 4.78 is 2.98. The first-order valence-corrected chi connectivity index (χ1v) is 8.84. The maximum atomic E-state index is 6.25. The lowest BCUT2D eigenvalue weighted by Crippen LogP contribution is -1.69. The Hall–Kier alpha value is 0.390. The molecule has 0 aliphatic rings. The average Bonchev–Trinajstić information content (AvgIpc) is 2.78. The van der Waals surface area contributed by atoms with E-state index >= 15 is 0 Å². The summed E-state index contributed by atoms with van der Waals surface area (Å²) in [5.74, 6) is 0. The summed E-state index contributed by atoms with van der Waals surface area (Å²) in [5.41, 5.74) is 1.50. The van der Waals surface area contributed by atoms with Gasteiger partial charge in [-0.1, -0.05) is 83.5 Å². The first-order valence-electron chi connectivity index (χ1n) is 4.87. The smallest absolute Gasteiger partial charge is 0.103 e. The molecule has 0 atom stereocenters. The fraction of sp³-hybridized carbons (Fsp3) is 0. The van der Waals surface area contributed by atoms with Gasteiger partial charge >= 0.3 is 0 Å². The van der Waals surface area contributed by atoms with Crippen LogP contribution >= 0.6 is 80.8 Å². The zero-order chi connectivity index (χ0) is 14.2. The molecule has 0 bridgehead atoms. The van der Waals surface area contributed by atoms with Crippen LogP contribution in [0.3, 0.4) is 0 Å². The number of hydrogen-bond acceptors (Lipinski definition) is 3. The van der Waals surface area contributed by atoms with Crippen molar-refractivity contribution in [1.82, 2.24) is 0 Å². The third kappa shape index (κ3) is 3.03. The first kappa shape index (κ1) is 15.8. The van der Waals surface area contributed by atoms with Crippen LogP contribution in [0.2, 0.25) is 18.7 Å². The Kier molecular flexibility index (Phi) is 5.34. The molecule has 0 radical (unpaired) electrons. The molecular weight excluding hydrogens is 382 g/mol. The van der Waals surface area contributed by atoms with Crippen LogP contribution in [0.5, 0.6) is 0 Å². The molecule has 0 amide bonds. The lowest BCUT2D eigenvalue weighted by Gasteiger charge is -1.97. The predicted octanol–water partition coefficient (Wildman–Crippen LogP) is 7.86. The van der Waals surface area contributed by atoms with E-state index in [0.29, 0.717) is 18.7 Å². The SMILES string of the molecule is C=Cc1c(Cl)sc(Sc2sc(Cl)c(C=C)c2Cl)c1Cl. The van der Waals surface area contributed by atoms with Gasteiger partial charge in [-0.2, -0.15) is 0 Å². The minimum Gasteiger partial charge on any atom is -0.114 e. The molecule has 0 spiro atoms. The fourth-order valence-corrected chi connectivity index (χ4v) is 6.78. The van der Waals surface area contributed by atoms with Gasteiger partial charge in [-0.15, -0.1) is 22.7 Å². The van der Waals surface area contributed by atoms with E-state index in [0.717, 1.165) is 19.5 Å². The molecule has 0 N–H and O–H groups in total. The van der Waals surface area contributed by atoms with Crippen LogP contribution in [0.25, 0.3) is 12.2 Å². The summed E-state index contributed by atoms with van der Waals surface area (Å²) in [6.07, 6.45) is 3.28. The van der Waals surface area contributed by atoms with Gasteiger partial charge in [-0.05, 0) is 0 Å². The maximum absolute atomic E-state index is 6.25. The van der Waals surface area contributed by atoms with Crippen LogP contribution in [-0.4, -0.2) is 0 Å². The van der Waals surface area contributed by atoms with Crippen LogP contribution in [-0.2, 0) is 0 Å². The Morgan fingerprint density at radius 1 is 0.789 bits per heavy atom. The molecule has 0 aliphatic carbocycles. The average molecular weight is 388 g/mol. The van der Waals surface area contributed by atoms with Gasteiger partial charge in [0.1, 0.15) is 8.67 Å². The number of thiophene rings is 2. The van der Waals surface area contributed by atoms with Gasteiger partial charge < -0.3 is 0 Å². The van der Waals surface area contributed by atoms with Gasteiger partial charge in [0.25, 0.3) is 0 Å². The molecule has 0 saturated carbocycles. The van der Waals surface area contributed by atoms with Gasteiger partial charge in [0.05, 0.1) is 18.5 Å². The van der Waals surface area contributed by atoms with E-state index in [4.69, 9.17) is 46.4 Å². The van der Waals surface area contributed by atoms with Gasteiger partial charge in [-0.25, -0.2) is 0 Å². The first-order chi connectivity index (χ1) is 8.99. The van der Waals surface area contributed by atoms with E-state index in [-0.39, 0.29) is 0 Å². The molecule has 0 unspecified atom stereocenters. The number of rotatable bonds is 4. The van der Waals surface area contributed by atoms with Crippen molar-refractivity contribution in [2.45, 2.75) is 8.42 Å². The second-order valence-electron chi connectivity index (χ2n) is 3.29.